The number of hydrogen-bond donors (Lipinski definition) is 1. The van der Waals surface area contributed by atoms with Crippen LogP contribution in [0.2, 0.25) is 5.02 Å². The van der Waals surface area contributed by atoms with E-state index in [2.05, 4.69) is 10.3 Å². The van der Waals surface area contributed by atoms with Crippen LogP contribution in [0.3, 0.4) is 0 Å². The first-order chi connectivity index (χ1) is 11.9. The second-order valence-electron chi connectivity index (χ2n) is 6.21. The van der Waals surface area contributed by atoms with Crippen molar-refractivity contribution < 1.29 is 4.79 Å². The molecule has 0 atom stereocenters. The Kier molecular flexibility index (Phi) is 4.91. The van der Waals surface area contributed by atoms with Gasteiger partial charge in [-0.1, -0.05) is 23.7 Å². The zero-order chi connectivity index (χ0) is 18.0. The number of hydrogen-bond acceptors (Lipinski definition) is 3. The SMILES string of the molecule is Cc1ccc(C)c(NC(=O)CN(C)c2ccnc3cc(Cl)ccc23)c1. The lowest BCUT2D eigenvalue weighted by atomic mass is 10.1. The number of aryl methyl sites for hydroxylation is 2. The molecule has 0 aliphatic rings. The predicted octanol–water partition coefficient (Wildman–Crippen LogP) is 4.58. The van der Waals surface area contributed by atoms with Crippen LogP contribution in [-0.2, 0) is 4.79 Å². The summed E-state index contributed by atoms with van der Waals surface area (Å²) in [6.07, 6.45) is 1.73. The number of rotatable bonds is 4. The number of amides is 1. The highest BCUT2D eigenvalue weighted by molar-refractivity contribution is 6.31. The first-order valence-corrected chi connectivity index (χ1v) is 8.44. The third-order valence-electron chi connectivity index (χ3n) is 4.14. The molecule has 0 saturated heterocycles. The summed E-state index contributed by atoms with van der Waals surface area (Å²) in [4.78, 5) is 18.7. The van der Waals surface area contributed by atoms with Crippen molar-refractivity contribution in [3.63, 3.8) is 0 Å². The van der Waals surface area contributed by atoms with Gasteiger partial charge >= 0.3 is 0 Å². The molecule has 5 heteroatoms. The van der Waals surface area contributed by atoms with Gasteiger partial charge in [-0.05, 0) is 55.3 Å². The monoisotopic (exact) mass is 353 g/mol. The molecule has 0 radical (unpaired) electrons. The number of anilines is 2. The molecule has 25 heavy (non-hydrogen) atoms. The van der Waals surface area contributed by atoms with E-state index in [9.17, 15) is 4.79 Å². The molecule has 0 bridgehead atoms. The number of halogens is 1. The van der Waals surface area contributed by atoms with Crippen LogP contribution in [-0.4, -0.2) is 24.5 Å². The number of nitrogens with one attached hydrogen (secondary N) is 1. The van der Waals surface area contributed by atoms with E-state index in [0.717, 1.165) is 33.4 Å². The second-order valence-corrected chi connectivity index (χ2v) is 6.65. The first-order valence-electron chi connectivity index (χ1n) is 8.06. The Hall–Kier alpha value is -2.59. The highest BCUT2D eigenvalue weighted by atomic mass is 35.5. The maximum atomic E-state index is 12.5. The summed E-state index contributed by atoms with van der Waals surface area (Å²) in [5, 5.41) is 4.60. The number of fused-ring (bicyclic) bond motifs is 1. The first kappa shape index (κ1) is 17.2. The average molecular weight is 354 g/mol. The fraction of sp³-hybridized carbons (Fsp3) is 0.200. The van der Waals surface area contributed by atoms with Gasteiger partial charge < -0.3 is 10.2 Å². The molecule has 128 valence electrons. The summed E-state index contributed by atoms with van der Waals surface area (Å²) in [5.41, 5.74) is 4.77. The van der Waals surface area contributed by atoms with Gasteiger partial charge in [0.1, 0.15) is 0 Å². The molecule has 3 aromatic rings. The maximum Gasteiger partial charge on any atom is 0.243 e. The zero-order valence-electron chi connectivity index (χ0n) is 14.5. The number of pyridine rings is 1. The van der Waals surface area contributed by atoms with Gasteiger partial charge in [-0.15, -0.1) is 0 Å². The molecule has 1 aromatic heterocycles. The lowest BCUT2D eigenvalue weighted by molar-refractivity contribution is -0.114. The van der Waals surface area contributed by atoms with Gasteiger partial charge in [0.25, 0.3) is 0 Å². The van der Waals surface area contributed by atoms with Crippen LogP contribution in [0.25, 0.3) is 10.9 Å². The van der Waals surface area contributed by atoms with Crippen molar-refractivity contribution in [2.45, 2.75) is 13.8 Å². The van der Waals surface area contributed by atoms with Gasteiger partial charge in [0.15, 0.2) is 0 Å². The minimum Gasteiger partial charge on any atom is -0.365 e. The smallest absolute Gasteiger partial charge is 0.243 e. The average Bonchev–Trinajstić information content (AvgIpc) is 2.57. The van der Waals surface area contributed by atoms with Crippen LogP contribution < -0.4 is 10.2 Å². The van der Waals surface area contributed by atoms with Crippen molar-refractivity contribution >= 4 is 39.8 Å². The Morgan fingerprint density at radius 2 is 1.96 bits per heavy atom. The number of likely N-dealkylation sites (N-methyl/N-ethyl adjacent to an activating group) is 1. The Labute approximate surface area is 152 Å². The number of aromatic nitrogens is 1. The summed E-state index contributed by atoms with van der Waals surface area (Å²) in [7, 11) is 1.89. The molecule has 0 spiro atoms. The van der Waals surface area contributed by atoms with Crippen LogP contribution in [0.1, 0.15) is 11.1 Å². The fourth-order valence-corrected chi connectivity index (χ4v) is 2.97. The minimum atomic E-state index is -0.0601. The quantitative estimate of drug-likeness (QED) is 0.746. The Morgan fingerprint density at radius 1 is 1.16 bits per heavy atom. The standard InChI is InChI=1S/C20H20ClN3O/c1-13-4-5-14(2)17(10-13)23-20(25)12-24(3)19-8-9-22-18-11-15(21)6-7-16(18)19/h4-11H,12H2,1-3H3,(H,23,25). The van der Waals surface area contributed by atoms with Crippen molar-refractivity contribution in [1.82, 2.24) is 4.98 Å². The molecule has 1 amide bonds. The number of carbonyl (C=O) groups is 1. The van der Waals surface area contributed by atoms with Crippen molar-refractivity contribution in [3.8, 4) is 0 Å². The molecule has 4 nitrogen and oxygen atoms in total. The van der Waals surface area contributed by atoms with E-state index < -0.39 is 0 Å². The Bertz CT molecular complexity index is 939. The molecule has 0 aliphatic carbocycles. The maximum absolute atomic E-state index is 12.5. The molecule has 2 aromatic carbocycles. The van der Waals surface area contributed by atoms with Gasteiger partial charge in [-0.25, -0.2) is 0 Å². The molecule has 1 N–H and O–H groups in total. The van der Waals surface area contributed by atoms with E-state index in [1.165, 1.54) is 0 Å². The molecule has 0 aliphatic heterocycles. The van der Waals surface area contributed by atoms with E-state index in [4.69, 9.17) is 11.6 Å². The summed E-state index contributed by atoms with van der Waals surface area (Å²) in [5.74, 6) is -0.0601. The largest absolute Gasteiger partial charge is 0.365 e. The number of benzene rings is 2. The number of nitrogens with zero attached hydrogens (tertiary/aromatic N) is 2. The topological polar surface area (TPSA) is 45.2 Å². The second kappa shape index (κ2) is 7.11. The highest BCUT2D eigenvalue weighted by Crippen LogP contribution is 2.26. The predicted molar refractivity (Wildman–Crippen MR) is 105 cm³/mol. The van der Waals surface area contributed by atoms with E-state index in [0.29, 0.717) is 5.02 Å². The van der Waals surface area contributed by atoms with Crippen molar-refractivity contribution in [2.24, 2.45) is 0 Å². The van der Waals surface area contributed by atoms with Crippen LogP contribution in [0.4, 0.5) is 11.4 Å². The van der Waals surface area contributed by atoms with E-state index in [-0.39, 0.29) is 12.5 Å². The van der Waals surface area contributed by atoms with Gasteiger partial charge in [-0.2, -0.15) is 0 Å². The fourth-order valence-electron chi connectivity index (χ4n) is 2.80. The third kappa shape index (κ3) is 3.91. The van der Waals surface area contributed by atoms with Crippen molar-refractivity contribution in [3.05, 3.63) is 64.8 Å². The lowest BCUT2D eigenvalue weighted by Crippen LogP contribution is -2.30. The van der Waals surface area contributed by atoms with Gasteiger partial charge in [0.2, 0.25) is 5.91 Å². The Balaban J connectivity index is 1.79. The molecule has 0 fully saturated rings. The zero-order valence-corrected chi connectivity index (χ0v) is 15.3. The molecule has 1 heterocycles. The van der Waals surface area contributed by atoms with E-state index in [1.807, 2.05) is 68.3 Å². The summed E-state index contributed by atoms with van der Waals surface area (Å²) < 4.78 is 0. The van der Waals surface area contributed by atoms with Crippen LogP contribution >= 0.6 is 11.6 Å². The lowest BCUT2D eigenvalue weighted by Gasteiger charge is -2.21. The molecule has 0 unspecified atom stereocenters. The van der Waals surface area contributed by atoms with E-state index >= 15 is 0 Å². The van der Waals surface area contributed by atoms with Gasteiger partial charge in [-0.3, -0.25) is 9.78 Å². The van der Waals surface area contributed by atoms with Crippen LogP contribution in [0.5, 0.6) is 0 Å². The third-order valence-corrected chi connectivity index (χ3v) is 4.38. The number of carbonyl (C=O) groups excluding carboxylic acids is 1. The van der Waals surface area contributed by atoms with E-state index in [1.54, 1.807) is 6.20 Å². The van der Waals surface area contributed by atoms with Crippen LogP contribution in [0, 0.1) is 13.8 Å². The van der Waals surface area contributed by atoms with Gasteiger partial charge in [0.05, 0.1) is 12.1 Å². The highest BCUT2D eigenvalue weighted by Gasteiger charge is 2.12. The van der Waals surface area contributed by atoms with Crippen molar-refractivity contribution in [1.29, 1.82) is 0 Å². The van der Waals surface area contributed by atoms with Crippen molar-refractivity contribution in [2.75, 3.05) is 23.8 Å². The normalized spacial score (nSPS) is 10.7. The molecular weight excluding hydrogens is 334 g/mol. The molecular formula is C20H20ClN3O. The molecule has 3 rings (SSSR count). The van der Waals surface area contributed by atoms with Crippen LogP contribution in [0.15, 0.2) is 48.7 Å². The summed E-state index contributed by atoms with van der Waals surface area (Å²) >= 11 is 6.04. The summed E-state index contributed by atoms with van der Waals surface area (Å²) in [6, 6.07) is 13.5. The Morgan fingerprint density at radius 3 is 2.76 bits per heavy atom. The summed E-state index contributed by atoms with van der Waals surface area (Å²) in [6.45, 7) is 4.24. The minimum absolute atomic E-state index is 0.0601. The molecule has 0 saturated carbocycles. The van der Waals surface area contributed by atoms with Gasteiger partial charge in [0, 0.05) is 35.0 Å².